The smallest absolute Gasteiger partial charge is 0.399 e. The zero-order valence-electron chi connectivity index (χ0n) is 13.1. The first-order chi connectivity index (χ1) is 8.64. The maximum absolute atomic E-state index is 6.06. The number of aryl methyl sites for hydroxylation is 1. The van der Waals surface area contributed by atoms with Crippen molar-refractivity contribution in [1.29, 1.82) is 0 Å². The quantitative estimate of drug-likeness (QED) is 0.767. The predicted octanol–water partition coefficient (Wildman–Crippen LogP) is 2.81. The molecule has 19 heavy (non-hydrogen) atoms. The third-order valence-corrected chi connectivity index (χ3v) is 4.29. The van der Waals surface area contributed by atoms with E-state index in [1.165, 1.54) is 5.56 Å². The second kappa shape index (κ2) is 4.60. The lowest BCUT2D eigenvalue weighted by Crippen LogP contribution is -2.41. The molecule has 104 valence electrons. The Morgan fingerprint density at radius 2 is 1.63 bits per heavy atom. The Labute approximate surface area is 116 Å². The van der Waals surface area contributed by atoms with Gasteiger partial charge in [0.2, 0.25) is 0 Å². The fraction of sp³-hybridized carbons (Fsp3) is 0.667. The highest BCUT2D eigenvalue weighted by Gasteiger charge is 2.51. The summed E-state index contributed by atoms with van der Waals surface area (Å²) in [4.78, 5) is 4.48. The molecule has 0 N–H and O–H groups in total. The number of hydrogen-bond donors (Lipinski definition) is 0. The lowest BCUT2D eigenvalue weighted by atomic mass is 9.78. The van der Waals surface area contributed by atoms with Crippen molar-refractivity contribution >= 4 is 12.6 Å². The van der Waals surface area contributed by atoms with Gasteiger partial charge in [0, 0.05) is 17.4 Å². The Morgan fingerprint density at radius 3 is 2.11 bits per heavy atom. The van der Waals surface area contributed by atoms with Crippen molar-refractivity contribution in [1.82, 2.24) is 4.98 Å². The fourth-order valence-electron chi connectivity index (χ4n) is 2.26. The average molecular weight is 261 g/mol. The van der Waals surface area contributed by atoms with Gasteiger partial charge in [-0.3, -0.25) is 4.98 Å². The molecule has 0 aliphatic carbocycles. The van der Waals surface area contributed by atoms with Crippen molar-refractivity contribution in [2.45, 2.75) is 65.6 Å². The number of aromatic nitrogens is 1. The van der Waals surface area contributed by atoms with E-state index in [2.05, 4.69) is 52.6 Å². The van der Waals surface area contributed by atoms with Gasteiger partial charge in [0.1, 0.15) is 0 Å². The molecule has 0 radical (unpaired) electrons. The van der Waals surface area contributed by atoms with Crippen LogP contribution in [-0.2, 0) is 9.31 Å². The van der Waals surface area contributed by atoms with Gasteiger partial charge in [-0.05, 0) is 46.1 Å². The van der Waals surface area contributed by atoms with Crippen LogP contribution in [0.4, 0.5) is 0 Å². The summed E-state index contributed by atoms with van der Waals surface area (Å²) in [6, 6.07) is 2.16. The van der Waals surface area contributed by atoms with E-state index in [-0.39, 0.29) is 18.3 Å². The van der Waals surface area contributed by atoms with Gasteiger partial charge < -0.3 is 9.31 Å². The van der Waals surface area contributed by atoms with Crippen molar-refractivity contribution in [3.63, 3.8) is 0 Å². The molecule has 0 unspecified atom stereocenters. The molecule has 1 aromatic rings. The zero-order chi connectivity index (χ0) is 14.4. The molecule has 1 saturated heterocycles. The number of rotatable bonds is 2. The summed E-state index contributed by atoms with van der Waals surface area (Å²) in [5.41, 5.74) is 2.73. The summed E-state index contributed by atoms with van der Waals surface area (Å²) >= 11 is 0. The van der Waals surface area contributed by atoms with Crippen LogP contribution < -0.4 is 5.46 Å². The minimum absolute atomic E-state index is 0.305. The predicted molar refractivity (Wildman–Crippen MR) is 78.8 cm³/mol. The van der Waals surface area contributed by atoms with Gasteiger partial charge in [-0.15, -0.1) is 0 Å². The molecule has 1 fully saturated rings. The van der Waals surface area contributed by atoms with Crippen LogP contribution in [0.25, 0.3) is 0 Å². The van der Waals surface area contributed by atoms with Crippen molar-refractivity contribution in [2.75, 3.05) is 0 Å². The molecule has 1 aromatic heterocycles. The number of hydrogen-bond acceptors (Lipinski definition) is 3. The van der Waals surface area contributed by atoms with E-state index in [1.54, 1.807) is 0 Å². The third kappa shape index (κ3) is 2.56. The summed E-state index contributed by atoms with van der Waals surface area (Å²) in [6.07, 6.45) is 1.86. The molecule has 3 nitrogen and oxygen atoms in total. The molecule has 2 heterocycles. The van der Waals surface area contributed by atoms with E-state index in [0.717, 1.165) is 11.2 Å². The van der Waals surface area contributed by atoms with Crippen molar-refractivity contribution in [3.8, 4) is 0 Å². The molecular weight excluding hydrogens is 237 g/mol. The molecule has 0 bridgehead atoms. The molecule has 0 aromatic carbocycles. The van der Waals surface area contributed by atoms with Crippen LogP contribution in [0.15, 0.2) is 12.3 Å². The minimum atomic E-state index is -0.324. The lowest BCUT2D eigenvalue weighted by Gasteiger charge is -2.32. The first kappa shape index (κ1) is 14.5. The van der Waals surface area contributed by atoms with Crippen molar-refractivity contribution in [2.24, 2.45) is 0 Å². The van der Waals surface area contributed by atoms with Crippen molar-refractivity contribution < 1.29 is 9.31 Å². The minimum Gasteiger partial charge on any atom is -0.399 e. The molecule has 0 atom stereocenters. The van der Waals surface area contributed by atoms with E-state index in [9.17, 15) is 0 Å². The van der Waals surface area contributed by atoms with Crippen LogP contribution in [0.3, 0.4) is 0 Å². The highest BCUT2D eigenvalue weighted by atomic mass is 16.7. The van der Waals surface area contributed by atoms with Crippen LogP contribution in [0, 0.1) is 6.92 Å². The Bertz CT molecular complexity index is 467. The second-order valence-corrected chi connectivity index (χ2v) is 6.69. The van der Waals surface area contributed by atoms with Crippen LogP contribution in [0.1, 0.15) is 58.7 Å². The Balaban J connectivity index is 2.32. The Hall–Kier alpha value is -0.865. The van der Waals surface area contributed by atoms with Gasteiger partial charge in [-0.25, -0.2) is 0 Å². The molecule has 1 aliphatic rings. The monoisotopic (exact) mass is 261 g/mol. The lowest BCUT2D eigenvalue weighted by molar-refractivity contribution is 0.00578. The first-order valence-corrected chi connectivity index (χ1v) is 6.96. The SMILES string of the molecule is Cc1ncc(B2OC(C)(C)C(C)(C)O2)cc1C(C)C. The Kier molecular flexibility index (Phi) is 3.52. The maximum atomic E-state index is 6.06. The summed E-state index contributed by atoms with van der Waals surface area (Å²) in [6.45, 7) is 14.7. The summed E-state index contributed by atoms with van der Waals surface area (Å²) in [5, 5.41) is 0. The van der Waals surface area contributed by atoms with Crippen molar-refractivity contribution in [3.05, 3.63) is 23.5 Å². The largest absolute Gasteiger partial charge is 0.496 e. The molecular formula is C15H24BNO2. The zero-order valence-corrected chi connectivity index (χ0v) is 13.1. The second-order valence-electron chi connectivity index (χ2n) is 6.69. The first-order valence-electron chi connectivity index (χ1n) is 6.96. The van der Waals surface area contributed by atoms with E-state index in [1.807, 2.05) is 13.1 Å². The summed E-state index contributed by atoms with van der Waals surface area (Å²) in [5.74, 6) is 0.454. The molecule has 4 heteroatoms. The highest BCUT2D eigenvalue weighted by molar-refractivity contribution is 6.62. The highest BCUT2D eigenvalue weighted by Crippen LogP contribution is 2.36. The topological polar surface area (TPSA) is 31.4 Å². The van der Waals surface area contributed by atoms with Gasteiger partial charge in [-0.2, -0.15) is 0 Å². The van der Waals surface area contributed by atoms with Gasteiger partial charge in [0.15, 0.2) is 0 Å². The van der Waals surface area contributed by atoms with Gasteiger partial charge >= 0.3 is 7.12 Å². The molecule has 0 spiro atoms. The molecule has 0 amide bonds. The van der Waals surface area contributed by atoms with Gasteiger partial charge in [0.05, 0.1) is 11.2 Å². The number of pyridine rings is 1. The van der Waals surface area contributed by atoms with E-state index in [0.29, 0.717) is 5.92 Å². The summed E-state index contributed by atoms with van der Waals surface area (Å²) in [7, 11) is -0.324. The van der Waals surface area contributed by atoms with Crippen LogP contribution in [-0.4, -0.2) is 23.3 Å². The summed E-state index contributed by atoms with van der Waals surface area (Å²) < 4.78 is 12.1. The molecule has 0 saturated carbocycles. The molecule has 1 aliphatic heterocycles. The van der Waals surface area contributed by atoms with Crippen LogP contribution in [0.2, 0.25) is 0 Å². The van der Waals surface area contributed by atoms with Gasteiger partial charge in [0.25, 0.3) is 0 Å². The molecule has 2 rings (SSSR count). The van der Waals surface area contributed by atoms with E-state index in [4.69, 9.17) is 9.31 Å². The Morgan fingerprint density at radius 1 is 1.11 bits per heavy atom. The standard InChI is InChI=1S/C15H24BNO2/c1-10(2)13-8-12(9-17-11(13)3)16-18-14(4,5)15(6,7)19-16/h8-10H,1-7H3. The average Bonchev–Trinajstić information content (AvgIpc) is 2.48. The van der Waals surface area contributed by atoms with Crippen LogP contribution >= 0.6 is 0 Å². The normalized spacial score (nSPS) is 21.2. The van der Waals surface area contributed by atoms with E-state index < -0.39 is 0 Å². The maximum Gasteiger partial charge on any atom is 0.496 e. The number of nitrogens with zero attached hydrogens (tertiary/aromatic N) is 1. The fourth-order valence-corrected chi connectivity index (χ4v) is 2.26. The third-order valence-electron chi connectivity index (χ3n) is 4.29. The van der Waals surface area contributed by atoms with Crippen LogP contribution in [0.5, 0.6) is 0 Å². The van der Waals surface area contributed by atoms with E-state index >= 15 is 0 Å². The van der Waals surface area contributed by atoms with Gasteiger partial charge in [-0.1, -0.05) is 19.9 Å².